The molecule has 0 amide bonds. The third-order valence-electron chi connectivity index (χ3n) is 6.41. The molecule has 7 heteroatoms. The predicted octanol–water partition coefficient (Wildman–Crippen LogP) is 4.25. The molecule has 2 aliphatic rings. The van der Waals surface area contributed by atoms with Gasteiger partial charge in [0.05, 0.1) is 5.56 Å². The van der Waals surface area contributed by atoms with Gasteiger partial charge in [0.1, 0.15) is 18.4 Å². The van der Waals surface area contributed by atoms with Crippen molar-refractivity contribution < 1.29 is 19.2 Å². The minimum atomic E-state index is -0.719. The summed E-state index contributed by atoms with van der Waals surface area (Å²) in [5.41, 5.74) is 3.00. The second-order valence-electron chi connectivity index (χ2n) is 9.45. The van der Waals surface area contributed by atoms with Crippen molar-refractivity contribution in [3.05, 3.63) is 35.9 Å². The van der Waals surface area contributed by atoms with Crippen LogP contribution >= 0.6 is 0 Å². The summed E-state index contributed by atoms with van der Waals surface area (Å²) in [6.07, 6.45) is 6.45. The lowest BCUT2D eigenvalue weighted by Gasteiger charge is -2.29. The Bertz CT molecular complexity index is 875. The first kappa shape index (κ1) is 23.8. The van der Waals surface area contributed by atoms with Crippen molar-refractivity contribution in [2.24, 2.45) is 5.92 Å². The molecule has 2 aromatic rings. The molecule has 7 nitrogen and oxygen atoms in total. The number of nitrogens with zero attached hydrogens (tertiary/aromatic N) is 3. The van der Waals surface area contributed by atoms with Gasteiger partial charge in [0, 0.05) is 44.7 Å². The Balaban J connectivity index is 1.52. The van der Waals surface area contributed by atoms with Crippen LogP contribution < -0.4 is 4.90 Å². The van der Waals surface area contributed by atoms with Crippen LogP contribution in [0.4, 0.5) is 5.88 Å². The summed E-state index contributed by atoms with van der Waals surface area (Å²) in [5.74, 6) is 1.28. The molecule has 1 N–H and O–H groups in total. The van der Waals surface area contributed by atoms with E-state index in [-0.39, 0.29) is 12.6 Å². The summed E-state index contributed by atoms with van der Waals surface area (Å²) in [6, 6.07) is 10.2. The molecule has 2 heterocycles. The summed E-state index contributed by atoms with van der Waals surface area (Å²) >= 11 is 0. The number of hydrogen-bond donors (Lipinski definition) is 1. The molecule has 1 saturated heterocycles. The largest absolute Gasteiger partial charge is 0.463 e. The number of aromatic nitrogens is 1. The number of carbonyl (C=O) groups excluding carboxylic acids is 1. The van der Waals surface area contributed by atoms with Crippen molar-refractivity contribution >= 4 is 11.9 Å². The zero-order valence-corrected chi connectivity index (χ0v) is 19.7. The van der Waals surface area contributed by atoms with Crippen molar-refractivity contribution in [3.63, 3.8) is 0 Å². The minimum absolute atomic E-state index is 0.0359. The Labute approximate surface area is 196 Å². The highest BCUT2D eigenvalue weighted by molar-refractivity contribution is 5.69. The average Bonchev–Trinajstić information content (AvgIpc) is 3.55. The fourth-order valence-corrected chi connectivity index (χ4v) is 4.52. The van der Waals surface area contributed by atoms with Gasteiger partial charge in [-0.15, -0.1) is 0 Å². The molecular formula is C26H37N3O4. The van der Waals surface area contributed by atoms with Gasteiger partial charge in [-0.2, -0.15) is 0 Å². The summed E-state index contributed by atoms with van der Waals surface area (Å²) in [7, 11) is 0. The molecule has 0 spiro atoms. The first-order valence-electron chi connectivity index (χ1n) is 12.5. The number of aliphatic hydroxyl groups is 1. The Morgan fingerprint density at radius 1 is 1.24 bits per heavy atom. The summed E-state index contributed by atoms with van der Waals surface area (Å²) < 4.78 is 11.2. The van der Waals surface area contributed by atoms with Gasteiger partial charge in [0.25, 0.3) is 0 Å². The number of carbonyl (C=O) groups is 1. The fraction of sp³-hybridized carbons (Fsp3) is 0.615. The smallest absolute Gasteiger partial charge is 0.305 e. The lowest BCUT2D eigenvalue weighted by Crippen LogP contribution is -2.37. The predicted molar refractivity (Wildman–Crippen MR) is 128 cm³/mol. The third kappa shape index (κ3) is 6.81. The van der Waals surface area contributed by atoms with Crippen LogP contribution in [0.1, 0.15) is 57.4 Å². The number of hydrogen-bond acceptors (Lipinski definition) is 7. The molecule has 1 aliphatic heterocycles. The standard InChI is InChI=1S/C26H37N3O4/c1-2-9-24(31)32-19-22(30)17-28(16-20-12-13-20)18-23-25(21-10-5-3-6-11-21)27-33-26(23)29-14-7-4-8-15-29/h3,5-6,10-11,20,22,30H,2,4,7-9,12-19H2,1H3/t22-/m0/s1. The second kappa shape index (κ2) is 11.7. The van der Waals surface area contributed by atoms with Gasteiger partial charge in [-0.3, -0.25) is 9.69 Å². The third-order valence-corrected chi connectivity index (χ3v) is 6.41. The van der Waals surface area contributed by atoms with Gasteiger partial charge >= 0.3 is 5.97 Å². The van der Waals surface area contributed by atoms with E-state index in [1.165, 1.54) is 19.3 Å². The molecule has 1 aromatic heterocycles. The summed E-state index contributed by atoms with van der Waals surface area (Å²) in [6.45, 7) is 5.96. The lowest BCUT2D eigenvalue weighted by atomic mass is 10.1. The monoisotopic (exact) mass is 455 g/mol. The molecule has 180 valence electrons. The zero-order chi connectivity index (χ0) is 23.0. The molecule has 33 heavy (non-hydrogen) atoms. The maximum Gasteiger partial charge on any atom is 0.305 e. The number of anilines is 1. The quantitative estimate of drug-likeness (QED) is 0.479. The van der Waals surface area contributed by atoms with Gasteiger partial charge in [0.2, 0.25) is 5.88 Å². The first-order chi connectivity index (χ1) is 16.1. The number of aliphatic hydroxyl groups excluding tert-OH is 1. The molecular weight excluding hydrogens is 418 g/mol. The van der Waals surface area contributed by atoms with Crippen LogP contribution in [0.5, 0.6) is 0 Å². The van der Waals surface area contributed by atoms with E-state index >= 15 is 0 Å². The van der Waals surface area contributed by atoms with Crippen LogP contribution in [-0.4, -0.2) is 60.0 Å². The second-order valence-corrected chi connectivity index (χ2v) is 9.45. The molecule has 1 aliphatic carbocycles. The van der Waals surface area contributed by atoms with E-state index in [9.17, 15) is 9.90 Å². The molecule has 0 unspecified atom stereocenters. The van der Waals surface area contributed by atoms with Gasteiger partial charge in [-0.05, 0) is 44.4 Å². The Kier molecular flexibility index (Phi) is 8.40. The summed E-state index contributed by atoms with van der Waals surface area (Å²) in [4.78, 5) is 16.3. The maximum atomic E-state index is 11.7. The number of piperidine rings is 1. The number of esters is 1. The fourth-order valence-electron chi connectivity index (χ4n) is 4.52. The highest BCUT2D eigenvalue weighted by Gasteiger charge is 2.30. The van der Waals surface area contributed by atoms with Crippen molar-refractivity contribution in [1.82, 2.24) is 10.1 Å². The van der Waals surface area contributed by atoms with E-state index < -0.39 is 6.10 Å². The van der Waals surface area contributed by atoms with Crippen LogP contribution in [0.25, 0.3) is 11.3 Å². The van der Waals surface area contributed by atoms with Gasteiger partial charge < -0.3 is 19.3 Å². The van der Waals surface area contributed by atoms with Crippen molar-refractivity contribution in [1.29, 1.82) is 0 Å². The van der Waals surface area contributed by atoms with Crippen molar-refractivity contribution in [2.45, 2.75) is 64.5 Å². The van der Waals surface area contributed by atoms with Gasteiger partial charge in [-0.25, -0.2) is 0 Å². The maximum absolute atomic E-state index is 11.7. The molecule has 4 rings (SSSR count). The average molecular weight is 456 g/mol. The zero-order valence-electron chi connectivity index (χ0n) is 19.7. The topological polar surface area (TPSA) is 79.0 Å². The SMILES string of the molecule is CCCC(=O)OC[C@@H](O)CN(Cc1c(-c2ccccc2)noc1N1CCCCC1)CC1CC1. The van der Waals surface area contributed by atoms with Crippen LogP contribution in [0.3, 0.4) is 0 Å². The van der Waals surface area contributed by atoms with E-state index in [2.05, 4.69) is 27.1 Å². The Morgan fingerprint density at radius 2 is 2.00 bits per heavy atom. The van der Waals surface area contributed by atoms with Crippen molar-refractivity contribution in [2.75, 3.05) is 37.7 Å². The van der Waals surface area contributed by atoms with Gasteiger partial charge in [-0.1, -0.05) is 42.4 Å². The highest BCUT2D eigenvalue weighted by Crippen LogP contribution is 2.35. The van der Waals surface area contributed by atoms with Gasteiger partial charge in [0.15, 0.2) is 0 Å². The van der Waals surface area contributed by atoms with E-state index in [1.54, 1.807) is 0 Å². The van der Waals surface area contributed by atoms with E-state index in [0.717, 1.165) is 61.6 Å². The summed E-state index contributed by atoms with van der Waals surface area (Å²) in [5, 5.41) is 15.1. The van der Waals surface area contributed by atoms with E-state index in [4.69, 9.17) is 9.26 Å². The molecule has 0 radical (unpaired) electrons. The molecule has 1 saturated carbocycles. The Morgan fingerprint density at radius 3 is 2.70 bits per heavy atom. The first-order valence-corrected chi connectivity index (χ1v) is 12.5. The van der Waals surface area contributed by atoms with Crippen molar-refractivity contribution in [3.8, 4) is 11.3 Å². The normalized spacial score (nSPS) is 17.4. The molecule has 0 bridgehead atoms. The molecule has 1 aromatic carbocycles. The van der Waals surface area contributed by atoms with Crippen LogP contribution in [0.2, 0.25) is 0 Å². The van der Waals surface area contributed by atoms with E-state index in [0.29, 0.717) is 25.4 Å². The van der Waals surface area contributed by atoms with Crippen LogP contribution in [0.15, 0.2) is 34.9 Å². The molecule has 1 atom stereocenters. The van der Waals surface area contributed by atoms with Crippen LogP contribution in [-0.2, 0) is 16.1 Å². The molecule has 2 fully saturated rings. The highest BCUT2D eigenvalue weighted by atomic mass is 16.5. The number of rotatable bonds is 12. The van der Waals surface area contributed by atoms with Crippen LogP contribution in [0, 0.1) is 5.92 Å². The van der Waals surface area contributed by atoms with E-state index in [1.807, 2.05) is 25.1 Å². The Hall–Kier alpha value is -2.38. The minimum Gasteiger partial charge on any atom is -0.463 e. The lowest BCUT2D eigenvalue weighted by molar-refractivity contribution is -0.147. The number of benzene rings is 1. The number of ether oxygens (including phenoxy) is 1.